The van der Waals surface area contributed by atoms with Crippen molar-refractivity contribution in [2.24, 2.45) is 23.5 Å². The van der Waals surface area contributed by atoms with E-state index in [1.165, 1.54) is 18.4 Å². The molecule has 1 aromatic rings. The molecule has 3 N–H and O–H groups in total. The number of nitrogens with two attached hydrogens (primary N) is 1. The van der Waals surface area contributed by atoms with E-state index in [4.69, 9.17) is 5.73 Å². The molecular weight excluding hydrogens is 320 g/mol. The second kappa shape index (κ2) is 7.45. The fourth-order valence-electron chi connectivity index (χ4n) is 4.89. The minimum absolute atomic E-state index is 0. The van der Waals surface area contributed by atoms with Crippen LogP contribution in [-0.4, -0.2) is 18.0 Å². The lowest BCUT2D eigenvalue weighted by molar-refractivity contribution is -0.127. The summed E-state index contributed by atoms with van der Waals surface area (Å²) in [5.41, 5.74) is 7.66. The zero-order chi connectivity index (χ0) is 16.6. The zero-order valence-corrected chi connectivity index (χ0v) is 15.8. The van der Waals surface area contributed by atoms with Crippen molar-refractivity contribution in [2.45, 2.75) is 64.0 Å². The molecule has 3 nitrogen and oxygen atoms in total. The Morgan fingerprint density at radius 2 is 1.88 bits per heavy atom. The number of hydrogen-bond donors (Lipinski definition) is 2. The second-order valence-corrected chi connectivity index (χ2v) is 8.30. The fraction of sp³-hybridized carbons (Fsp3) is 0.650. The first kappa shape index (κ1) is 19.3. The molecule has 0 heterocycles. The Labute approximate surface area is 152 Å². The quantitative estimate of drug-likeness (QED) is 0.851. The highest BCUT2D eigenvalue weighted by Gasteiger charge is 2.49. The minimum atomic E-state index is 0. The number of fused-ring (bicyclic) bond motifs is 2. The van der Waals surface area contributed by atoms with Crippen molar-refractivity contribution >= 4 is 18.3 Å². The molecule has 24 heavy (non-hydrogen) atoms. The van der Waals surface area contributed by atoms with Crippen LogP contribution in [0.2, 0.25) is 0 Å². The van der Waals surface area contributed by atoms with Crippen LogP contribution in [0.1, 0.15) is 52.0 Å². The van der Waals surface area contributed by atoms with Crippen LogP contribution in [-0.2, 0) is 10.2 Å². The molecule has 134 valence electrons. The van der Waals surface area contributed by atoms with Gasteiger partial charge in [-0.1, -0.05) is 44.2 Å². The molecule has 3 rings (SSSR count). The second-order valence-electron chi connectivity index (χ2n) is 8.30. The molecule has 1 amide bonds. The van der Waals surface area contributed by atoms with Gasteiger partial charge in [-0.15, -0.1) is 12.4 Å². The third kappa shape index (κ3) is 3.78. The van der Waals surface area contributed by atoms with Crippen LogP contribution in [0.4, 0.5) is 0 Å². The summed E-state index contributed by atoms with van der Waals surface area (Å²) in [5, 5.41) is 3.24. The maximum absolute atomic E-state index is 12.7. The normalized spacial score (nSPS) is 29.8. The van der Waals surface area contributed by atoms with E-state index < -0.39 is 0 Å². The lowest BCUT2D eigenvalue weighted by Gasteiger charge is -2.32. The smallest absolute Gasteiger partial charge is 0.225 e. The van der Waals surface area contributed by atoms with Gasteiger partial charge in [0.05, 0.1) is 5.92 Å². The fourth-order valence-corrected chi connectivity index (χ4v) is 4.89. The van der Waals surface area contributed by atoms with Gasteiger partial charge in [-0.2, -0.15) is 0 Å². The summed E-state index contributed by atoms with van der Waals surface area (Å²) >= 11 is 0. The van der Waals surface area contributed by atoms with Gasteiger partial charge in [-0.3, -0.25) is 4.79 Å². The predicted octanol–water partition coefficient (Wildman–Crippen LogP) is 3.65. The molecular formula is C20H31ClN2O. The van der Waals surface area contributed by atoms with Crippen molar-refractivity contribution < 1.29 is 4.79 Å². The van der Waals surface area contributed by atoms with Crippen LogP contribution in [0.15, 0.2) is 30.3 Å². The topological polar surface area (TPSA) is 55.1 Å². The van der Waals surface area contributed by atoms with Crippen LogP contribution >= 0.6 is 12.4 Å². The van der Waals surface area contributed by atoms with Crippen LogP contribution in [0.5, 0.6) is 0 Å². The number of carbonyl (C=O) groups excluding carboxylic acids is 1. The third-order valence-corrected chi connectivity index (χ3v) is 6.04. The summed E-state index contributed by atoms with van der Waals surface area (Å²) in [6.45, 7) is 6.60. The predicted molar refractivity (Wildman–Crippen MR) is 101 cm³/mol. The van der Waals surface area contributed by atoms with Crippen LogP contribution in [0, 0.1) is 17.8 Å². The number of hydrogen-bond acceptors (Lipinski definition) is 2. The van der Waals surface area contributed by atoms with E-state index >= 15 is 0 Å². The molecule has 0 radical (unpaired) electrons. The molecule has 2 saturated carbocycles. The molecule has 0 aliphatic heterocycles. The van der Waals surface area contributed by atoms with Gasteiger partial charge >= 0.3 is 0 Å². The molecule has 5 unspecified atom stereocenters. The first-order chi connectivity index (χ1) is 10.9. The first-order valence-electron chi connectivity index (χ1n) is 9.00. The Kier molecular flexibility index (Phi) is 5.98. The molecule has 0 saturated heterocycles. The first-order valence-corrected chi connectivity index (χ1v) is 9.00. The van der Waals surface area contributed by atoms with E-state index in [0.717, 1.165) is 12.8 Å². The van der Waals surface area contributed by atoms with Gasteiger partial charge in [0, 0.05) is 12.1 Å². The highest BCUT2D eigenvalue weighted by molar-refractivity contribution is 5.85. The zero-order valence-electron chi connectivity index (χ0n) is 15.0. The summed E-state index contributed by atoms with van der Waals surface area (Å²) in [6, 6.07) is 10.8. The van der Waals surface area contributed by atoms with E-state index in [0.29, 0.717) is 11.8 Å². The Morgan fingerprint density at radius 3 is 2.46 bits per heavy atom. The summed E-state index contributed by atoms with van der Waals surface area (Å²) in [6.07, 6.45) is 4.48. The average Bonchev–Trinajstić information content (AvgIpc) is 3.08. The van der Waals surface area contributed by atoms with E-state index in [2.05, 4.69) is 50.4 Å². The van der Waals surface area contributed by atoms with Crippen molar-refractivity contribution in [3.8, 4) is 0 Å². The highest BCUT2D eigenvalue weighted by atomic mass is 35.5. The molecule has 2 bridgehead atoms. The maximum Gasteiger partial charge on any atom is 0.225 e. The number of nitrogens with one attached hydrogen (secondary N) is 1. The van der Waals surface area contributed by atoms with Gasteiger partial charge in [-0.25, -0.2) is 0 Å². The Balaban J connectivity index is 0.00000208. The van der Waals surface area contributed by atoms with Gasteiger partial charge in [-0.05, 0) is 55.4 Å². The van der Waals surface area contributed by atoms with E-state index in [-0.39, 0.29) is 41.7 Å². The van der Waals surface area contributed by atoms with E-state index in [1.54, 1.807) is 0 Å². The SMILES string of the molecule is CC(CC(C)(C)c1ccccc1)NC(=O)C1C2CCC(C2)C1N.Cl. The largest absolute Gasteiger partial charge is 0.353 e. The Hall–Kier alpha value is -1.06. The minimum Gasteiger partial charge on any atom is -0.353 e. The van der Waals surface area contributed by atoms with E-state index in [1.807, 2.05) is 6.07 Å². The number of amides is 1. The van der Waals surface area contributed by atoms with Crippen molar-refractivity contribution in [1.29, 1.82) is 0 Å². The average molecular weight is 351 g/mol. The lowest BCUT2D eigenvalue weighted by Crippen LogP contribution is -2.48. The van der Waals surface area contributed by atoms with Gasteiger partial charge in [0.25, 0.3) is 0 Å². The van der Waals surface area contributed by atoms with Crippen LogP contribution in [0.3, 0.4) is 0 Å². The maximum atomic E-state index is 12.7. The molecule has 0 spiro atoms. The number of benzene rings is 1. The van der Waals surface area contributed by atoms with Crippen molar-refractivity contribution in [3.05, 3.63) is 35.9 Å². The Bertz CT molecular complexity index is 558. The van der Waals surface area contributed by atoms with Crippen molar-refractivity contribution in [3.63, 3.8) is 0 Å². The molecule has 1 aromatic carbocycles. The number of halogens is 1. The van der Waals surface area contributed by atoms with Gasteiger partial charge in [0.15, 0.2) is 0 Å². The molecule has 5 atom stereocenters. The van der Waals surface area contributed by atoms with Gasteiger partial charge in [0.2, 0.25) is 5.91 Å². The highest BCUT2D eigenvalue weighted by Crippen LogP contribution is 2.47. The van der Waals surface area contributed by atoms with Crippen molar-refractivity contribution in [2.75, 3.05) is 0 Å². The van der Waals surface area contributed by atoms with Crippen LogP contribution < -0.4 is 11.1 Å². The van der Waals surface area contributed by atoms with Crippen molar-refractivity contribution in [1.82, 2.24) is 5.32 Å². The summed E-state index contributed by atoms with van der Waals surface area (Å²) in [4.78, 5) is 12.7. The van der Waals surface area contributed by atoms with E-state index in [9.17, 15) is 4.79 Å². The molecule has 2 aliphatic carbocycles. The summed E-state index contributed by atoms with van der Waals surface area (Å²) in [5.74, 6) is 1.31. The number of rotatable bonds is 5. The Morgan fingerprint density at radius 1 is 1.25 bits per heavy atom. The van der Waals surface area contributed by atoms with Gasteiger partial charge in [0.1, 0.15) is 0 Å². The lowest BCUT2D eigenvalue weighted by atomic mass is 9.79. The molecule has 0 aromatic heterocycles. The summed E-state index contributed by atoms with van der Waals surface area (Å²) < 4.78 is 0. The van der Waals surface area contributed by atoms with Crippen LogP contribution in [0.25, 0.3) is 0 Å². The summed E-state index contributed by atoms with van der Waals surface area (Å²) in [7, 11) is 0. The number of carbonyl (C=O) groups is 1. The monoisotopic (exact) mass is 350 g/mol. The standard InChI is InChI=1S/C20H30N2O.ClH/c1-13(12-20(2,3)16-7-5-4-6-8-16)22-19(23)17-14-9-10-15(11-14)18(17)21;/h4-8,13-15,17-18H,9-12,21H2,1-3H3,(H,22,23);1H. The van der Waals surface area contributed by atoms with Gasteiger partial charge < -0.3 is 11.1 Å². The molecule has 2 fully saturated rings. The molecule has 4 heteroatoms. The molecule has 2 aliphatic rings. The third-order valence-electron chi connectivity index (χ3n) is 6.04.